The van der Waals surface area contributed by atoms with Gasteiger partial charge in [0.25, 0.3) is 5.91 Å². The number of hydrogen-bond acceptors (Lipinski definition) is 4. The van der Waals surface area contributed by atoms with E-state index in [2.05, 4.69) is 26.2 Å². The summed E-state index contributed by atoms with van der Waals surface area (Å²) in [5, 5.41) is 12.9. The van der Waals surface area contributed by atoms with Crippen LogP contribution in [0.3, 0.4) is 0 Å². The van der Waals surface area contributed by atoms with Gasteiger partial charge in [0, 0.05) is 19.6 Å². The molecule has 0 spiro atoms. The predicted molar refractivity (Wildman–Crippen MR) is 69.3 cm³/mol. The molecule has 6 heteroatoms. The third-order valence-corrected chi connectivity index (χ3v) is 3.60. The normalized spacial score (nSPS) is 27.2. The lowest BCUT2D eigenvalue weighted by Gasteiger charge is -2.25. The summed E-state index contributed by atoms with van der Waals surface area (Å²) in [6.45, 7) is 2.49. The van der Waals surface area contributed by atoms with Gasteiger partial charge < -0.3 is 15.2 Å². The summed E-state index contributed by atoms with van der Waals surface area (Å²) in [6.07, 6.45) is 0.258. The Kier molecular flexibility index (Phi) is 3.99. The third-order valence-electron chi connectivity index (χ3n) is 3.16. The predicted octanol–water partition coefficient (Wildman–Crippen LogP) is 1.11. The molecule has 2 heterocycles. The standard InChI is InChI=1S/C12H15BrN2O3/c1-8-12(17,5-6-18-8)7-14-11(16)9-3-2-4-10(13)15-9/h2-4,8,17H,5-7H2,1H3,(H,14,16). The van der Waals surface area contributed by atoms with Crippen molar-refractivity contribution in [1.29, 1.82) is 0 Å². The molecule has 5 nitrogen and oxygen atoms in total. The molecule has 98 valence electrons. The van der Waals surface area contributed by atoms with Crippen LogP contribution in [0.5, 0.6) is 0 Å². The van der Waals surface area contributed by atoms with Crippen molar-refractivity contribution in [3.05, 3.63) is 28.5 Å². The molecule has 0 bridgehead atoms. The highest BCUT2D eigenvalue weighted by atomic mass is 79.9. The number of nitrogens with zero attached hydrogens (tertiary/aromatic N) is 1. The van der Waals surface area contributed by atoms with Crippen LogP contribution in [0.1, 0.15) is 23.8 Å². The van der Waals surface area contributed by atoms with Crippen molar-refractivity contribution in [1.82, 2.24) is 10.3 Å². The molecule has 1 aromatic heterocycles. The van der Waals surface area contributed by atoms with Gasteiger partial charge in [-0.25, -0.2) is 4.98 Å². The Morgan fingerprint density at radius 2 is 2.50 bits per heavy atom. The van der Waals surface area contributed by atoms with Gasteiger partial charge in [-0.2, -0.15) is 0 Å². The van der Waals surface area contributed by atoms with Gasteiger partial charge in [-0.1, -0.05) is 6.07 Å². The Bertz CT molecular complexity index is 455. The highest BCUT2D eigenvalue weighted by Crippen LogP contribution is 2.24. The van der Waals surface area contributed by atoms with Crippen LogP contribution in [0.25, 0.3) is 0 Å². The Labute approximate surface area is 114 Å². The van der Waals surface area contributed by atoms with Crippen LogP contribution in [-0.4, -0.2) is 40.9 Å². The van der Waals surface area contributed by atoms with Gasteiger partial charge in [0.15, 0.2) is 0 Å². The van der Waals surface area contributed by atoms with Crippen molar-refractivity contribution in [2.24, 2.45) is 0 Å². The molecule has 1 amide bonds. The van der Waals surface area contributed by atoms with E-state index in [1.165, 1.54) is 0 Å². The minimum Gasteiger partial charge on any atom is -0.385 e. The minimum absolute atomic E-state index is 0.168. The zero-order valence-electron chi connectivity index (χ0n) is 10.0. The molecule has 0 aromatic carbocycles. The Morgan fingerprint density at radius 1 is 1.72 bits per heavy atom. The van der Waals surface area contributed by atoms with Crippen LogP contribution in [0.2, 0.25) is 0 Å². The molecule has 1 aliphatic heterocycles. The van der Waals surface area contributed by atoms with E-state index < -0.39 is 5.60 Å². The van der Waals surface area contributed by atoms with Crippen molar-refractivity contribution in [3.8, 4) is 0 Å². The molecular weight excluding hydrogens is 300 g/mol. The fourth-order valence-corrected chi connectivity index (χ4v) is 2.21. The van der Waals surface area contributed by atoms with Crippen LogP contribution >= 0.6 is 15.9 Å². The molecule has 2 atom stereocenters. The molecule has 0 saturated carbocycles. The van der Waals surface area contributed by atoms with Gasteiger partial charge in [0.05, 0.1) is 6.10 Å². The Hall–Kier alpha value is -0.980. The SMILES string of the molecule is CC1OCCC1(O)CNC(=O)c1cccc(Br)n1. The number of amides is 1. The second kappa shape index (κ2) is 5.34. The molecule has 2 N–H and O–H groups in total. The van der Waals surface area contributed by atoms with Gasteiger partial charge in [0.1, 0.15) is 15.9 Å². The van der Waals surface area contributed by atoms with Crippen LogP contribution in [-0.2, 0) is 4.74 Å². The van der Waals surface area contributed by atoms with Crippen molar-refractivity contribution in [2.45, 2.75) is 25.0 Å². The van der Waals surface area contributed by atoms with E-state index in [9.17, 15) is 9.90 Å². The third kappa shape index (κ3) is 2.88. The van der Waals surface area contributed by atoms with Crippen molar-refractivity contribution in [3.63, 3.8) is 0 Å². The number of rotatable bonds is 3. The maximum absolute atomic E-state index is 11.9. The Morgan fingerprint density at radius 3 is 3.11 bits per heavy atom. The number of ether oxygens (including phenoxy) is 1. The number of aliphatic hydroxyl groups is 1. The number of nitrogens with one attached hydrogen (secondary N) is 1. The molecular formula is C12H15BrN2O3. The summed E-state index contributed by atoms with van der Waals surface area (Å²) in [6, 6.07) is 5.11. The molecule has 1 aliphatic rings. The molecule has 1 fully saturated rings. The molecule has 0 radical (unpaired) electrons. The van der Waals surface area contributed by atoms with E-state index >= 15 is 0 Å². The number of carbonyl (C=O) groups excluding carboxylic acids is 1. The first-order valence-electron chi connectivity index (χ1n) is 5.76. The molecule has 2 unspecified atom stereocenters. The zero-order valence-corrected chi connectivity index (χ0v) is 11.6. The second-order valence-electron chi connectivity index (χ2n) is 4.39. The first kappa shape index (κ1) is 13.5. The minimum atomic E-state index is -0.984. The first-order valence-corrected chi connectivity index (χ1v) is 6.55. The number of pyridine rings is 1. The number of aromatic nitrogens is 1. The van der Waals surface area contributed by atoms with Gasteiger partial charge >= 0.3 is 0 Å². The summed E-state index contributed by atoms with van der Waals surface area (Å²) < 4.78 is 5.90. The van der Waals surface area contributed by atoms with E-state index in [0.29, 0.717) is 23.3 Å². The topological polar surface area (TPSA) is 71.5 Å². The number of halogens is 1. The van der Waals surface area contributed by atoms with E-state index in [-0.39, 0.29) is 18.6 Å². The molecule has 18 heavy (non-hydrogen) atoms. The van der Waals surface area contributed by atoms with Crippen LogP contribution in [0.4, 0.5) is 0 Å². The average molecular weight is 315 g/mol. The van der Waals surface area contributed by atoms with Gasteiger partial charge in [-0.3, -0.25) is 4.79 Å². The fraction of sp³-hybridized carbons (Fsp3) is 0.500. The molecule has 1 saturated heterocycles. The maximum atomic E-state index is 11.9. The summed E-state index contributed by atoms with van der Waals surface area (Å²) in [7, 11) is 0. The number of hydrogen-bond donors (Lipinski definition) is 2. The largest absolute Gasteiger partial charge is 0.385 e. The highest BCUT2D eigenvalue weighted by molar-refractivity contribution is 9.10. The lowest BCUT2D eigenvalue weighted by atomic mass is 9.97. The van der Waals surface area contributed by atoms with Gasteiger partial charge in [-0.15, -0.1) is 0 Å². The molecule has 0 aliphatic carbocycles. The van der Waals surface area contributed by atoms with Gasteiger partial charge in [-0.05, 0) is 35.0 Å². The maximum Gasteiger partial charge on any atom is 0.270 e. The quantitative estimate of drug-likeness (QED) is 0.820. The zero-order chi connectivity index (χ0) is 13.2. The van der Waals surface area contributed by atoms with E-state index in [1.54, 1.807) is 25.1 Å². The van der Waals surface area contributed by atoms with E-state index in [0.717, 1.165) is 0 Å². The summed E-state index contributed by atoms with van der Waals surface area (Å²) >= 11 is 3.21. The van der Waals surface area contributed by atoms with Crippen molar-refractivity contribution >= 4 is 21.8 Å². The lowest BCUT2D eigenvalue weighted by molar-refractivity contribution is -0.0252. The van der Waals surface area contributed by atoms with Crippen LogP contribution in [0.15, 0.2) is 22.8 Å². The fourth-order valence-electron chi connectivity index (χ4n) is 1.86. The summed E-state index contributed by atoms with van der Waals surface area (Å²) in [5.41, 5.74) is -0.665. The number of carbonyl (C=O) groups is 1. The van der Waals surface area contributed by atoms with Crippen molar-refractivity contribution < 1.29 is 14.6 Å². The van der Waals surface area contributed by atoms with Crippen molar-refractivity contribution in [2.75, 3.05) is 13.2 Å². The summed E-state index contributed by atoms with van der Waals surface area (Å²) in [4.78, 5) is 15.9. The Balaban J connectivity index is 1.96. The first-order chi connectivity index (χ1) is 8.51. The molecule has 1 aromatic rings. The van der Waals surface area contributed by atoms with E-state index in [4.69, 9.17) is 4.74 Å². The second-order valence-corrected chi connectivity index (χ2v) is 5.21. The summed E-state index contributed by atoms with van der Waals surface area (Å²) in [5.74, 6) is -0.302. The van der Waals surface area contributed by atoms with E-state index in [1.807, 2.05) is 0 Å². The van der Waals surface area contributed by atoms with Crippen LogP contribution in [0, 0.1) is 0 Å². The highest BCUT2D eigenvalue weighted by Gasteiger charge is 2.39. The van der Waals surface area contributed by atoms with Gasteiger partial charge in [0.2, 0.25) is 0 Å². The molecule has 2 rings (SSSR count). The monoisotopic (exact) mass is 314 g/mol. The lowest BCUT2D eigenvalue weighted by Crippen LogP contribution is -2.47. The average Bonchev–Trinajstić information content (AvgIpc) is 2.67. The smallest absolute Gasteiger partial charge is 0.270 e. The van der Waals surface area contributed by atoms with Crippen LogP contribution < -0.4 is 5.32 Å².